The number of aryl methyl sites for hydroxylation is 1. The van der Waals surface area contributed by atoms with Gasteiger partial charge in [0.25, 0.3) is 0 Å². The van der Waals surface area contributed by atoms with Crippen LogP contribution in [0.4, 0.5) is 0 Å². The van der Waals surface area contributed by atoms with E-state index in [1.54, 1.807) is 11.3 Å². The van der Waals surface area contributed by atoms with Crippen LogP contribution in [-0.4, -0.2) is 46.1 Å². The highest BCUT2D eigenvalue weighted by atomic mass is 32.1. The summed E-state index contributed by atoms with van der Waals surface area (Å²) in [6.07, 6.45) is 5.42. The summed E-state index contributed by atoms with van der Waals surface area (Å²) < 4.78 is 0. The largest absolute Gasteiger partial charge is 0.392 e. The van der Waals surface area contributed by atoms with Gasteiger partial charge in [-0.15, -0.1) is 11.3 Å². The predicted molar refractivity (Wildman–Crippen MR) is 121 cm³/mol. The number of nitrogens with one attached hydrogen (secondary N) is 1. The number of aromatic nitrogens is 1. The van der Waals surface area contributed by atoms with Crippen molar-refractivity contribution in [3.05, 3.63) is 41.0 Å². The smallest absolute Gasteiger partial charge is 0.237 e. The van der Waals surface area contributed by atoms with Crippen molar-refractivity contribution in [3.8, 4) is 10.4 Å². The molecule has 1 aliphatic heterocycles. The Hall–Kier alpha value is -1.76. The summed E-state index contributed by atoms with van der Waals surface area (Å²) in [7, 11) is 0. The normalized spacial score (nSPS) is 23.7. The van der Waals surface area contributed by atoms with E-state index in [4.69, 9.17) is 0 Å². The van der Waals surface area contributed by atoms with Crippen LogP contribution in [0.2, 0.25) is 0 Å². The Morgan fingerprint density at radius 1 is 1.30 bits per heavy atom. The Morgan fingerprint density at radius 3 is 2.70 bits per heavy atom. The standard InChI is InChI=1S/C24H33N3O2S/c1-16(19-5-3-4-6-19)13-27-14-21(28)11-22(27)24(29)25-12-18-7-9-20(10-8-18)23-17(2)26-15-30-23/h7-10,15-16,19,21-22,28H,3-6,11-14H2,1-2H3,(H,25,29)/t16?,21-,22+/m1/s1. The lowest BCUT2D eigenvalue weighted by Gasteiger charge is -2.29. The Balaban J connectivity index is 1.32. The molecule has 0 bridgehead atoms. The lowest BCUT2D eigenvalue weighted by molar-refractivity contribution is -0.125. The fraction of sp³-hybridized carbons (Fsp3) is 0.583. The van der Waals surface area contributed by atoms with E-state index in [1.807, 2.05) is 12.4 Å². The minimum absolute atomic E-state index is 0.0348. The molecule has 2 aliphatic rings. The molecule has 30 heavy (non-hydrogen) atoms. The monoisotopic (exact) mass is 427 g/mol. The number of nitrogens with zero attached hydrogens (tertiary/aromatic N) is 2. The summed E-state index contributed by atoms with van der Waals surface area (Å²) in [5, 5.41) is 13.3. The molecule has 1 saturated heterocycles. The number of aliphatic hydroxyl groups excluding tert-OH is 1. The summed E-state index contributed by atoms with van der Waals surface area (Å²) in [6, 6.07) is 8.10. The molecule has 2 heterocycles. The third kappa shape index (κ3) is 4.93. The summed E-state index contributed by atoms with van der Waals surface area (Å²) in [5.41, 5.74) is 5.16. The fourth-order valence-electron chi connectivity index (χ4n) is 5.06. The van der Waals surface area contributed by atoms with E-state index in [9.17, 15) is 9.90 Å². The van der Waals surface area contributed by atoms with Crippen LogP contribution in [0.1, 0.15) is 50.3 Å². The zero-order valence-electron chi connectivity index (χ0n) is 18.0. The molecule has 1 aromatic heterocycles. The van der Waals surface area contributed by atoms with Gasteiger partial charge in [0.15, 0.2) is 0 Å². The third-order valence-corrected chi connectivity index (χ3v) is 7.82. The van der Waals surface area contributed by atoms with Crippen molar-refractivity contribution < 1.29 is 9.90 Å². The van der Waals surface area contributed by atoms with E-state index in [-0.39, 0.29) is 11.9 Å². The summed E-state index contributed by atoms with van der Waals surface area (Å²) in [5.74, 6) is 1.38. The molecule has 1 amide bonds. The van der Waals surface area contributed by atoms with Gasteiger partial charge in [-0.2, -0.15) is 0 Å². The highest BCUT2D eigenvalue weighted by molar-refractivity contribution is 7.13. The van der Waals surface area contributed by atoms with E-state index in [0.717, 1.165) is 29.3 Å². The van der Waals surface area contributed by atoms with Gasteiger partial charge in [-0.1, -0.05) is 56.9 Å². The minimum atomic E-state index is -0.404. The Morgan fingerprint density at radius 2 is 2.03 bits per heavy atom. The average molecular weight is 428 g/mol. The first-order valence-corrected chi connectivity index (χ1v) is 12.1. The number of hydrogen-bond acceptors (Lipinski definition) is 5. The molecular weight excluding hydrogens is 394 g/mol. The second-order valence-electron chi connectivity index (χ2n) is 9.06. The first-order valence-electron chi connectivity index (χ1n) is 11.2. The zero-order chi connectivity index (χ0) is 21.1. The highest BCUT2D eigenvalue weighted by Gasteiger charge is 2.37. The van der Waals surface area contributed by atoms with Crippen LogP contribution in [0, 0.1) is 18.8 Å². The first kappa shape index (κ1) is 21.5. The molecule has 4 rings (SSSR count). The predicted octanol–water partition coefficient (Wildman–Crippen LogP) is 4.00. The molecule has 2 fully saturated rings. The summed E-state index contributed by atoms with van der Waals surface area (Å²) in [4.78, 5) is 20.6. The molecule has 2 N–H and O–H groups in total. The van der Waals surface area contributed by atoms with Crippen LogP contribution in [0.5, 0.6) is 0 Å². The molecule has 2 aromatic rings. The number of carbonyl (C=O) groups is 1. The van der Waals surface area contributed by atoms with Crippen LogP contribution < -0.4 is 5.32 Å². The van der Waals surface area contributed by atoms with Gasteiger partial charge in [-0.3, -0.25) is 9.69 Å². The number of β-amino-alcohol motifs (C(OH)–C–C–N with tert-alkyl or cyclic N) is 1. The maximum absolute atomic E-state index is 12.9. The maximum Gasteiger partial charge on any atom is 0.237 e. The van der Waals surface area contributed by atoms with Gasteiger partial charge in [0.1, 0.15) is 0 Å². The molecular formula is C24H33N3O2S. The van der Waals surface area contributed by atoms with Gasteiger partial charge in [0, 0.05) is 19.6 Å². The second kappa shape index (κ2) is 9.58. The van der Waals surface area contributed by atoms with Gasteiger partial charge in [-0.25, -0.2) is 4.98 Å². The minimum Gasteiger partial charge on any atom is -0.392 e. The second-order valence-corrected chi connectivity index (χ2v) is 9.92. The van der Waals surface area contributed by atoms with Crippen molar-refractivity contribution in [1.29, 1.82) is 0 Å². The van der Waals surface area contributed by atoms with Crippen molar-refractivity contribution in [2.75, 3.05) is 13.1 Å². The molecule has 1 aliphatic carbocycles. The number of hydrogen-bond donors (Lipinski definition) is 2. The molecule has 6 heteroatoms. The van der Waals surface area contributed by atoms with Gasteiger partial charge in [0.05, 0.1) is 28.2 Å². The van der Waals surface area contributed by atoms with E-state index >= 15 is 0 Å². The highest BCUT2D eigenvalue weighted by Crippen LogP contribution is 2.33. The Bertz CT molecular complexity index is 844. The fourth-order valence-corrected chi connectivity index (χ4v) is 5.87. The molecule has 0 spiro atoms. The van der Waals surface area contributed by atoms with E-state index in [1.165, 1.54) is 30.6 Å². The van der Waals surface area contributed by atoms with Gasteiger partial charge < -0.3 is 10.4 Å². The quantitative estimate of drug-likeness (QED) is 0.701. The van der Waals surface area contributed by atoms with Gasteiger partial charge in [0.2, 0.25) is 5.91 Å². The number of likely N-dealkylation sites (tertiary alicyclic amines) is 1. The van der Waals surface area contributed by atoms with E-state index in [2.05, 4.69) is 46.4 Å². The van der Waals surface area contributed by atoms with Gasteiger partial charge in [-0.05, 0) is 36.3 Å². The first-order chi connectivity index (χ1) is 14.5. The number of rotatable bonds is 7. The Labute approximate surface area is 183 Å². The molecule has 1 aromatic carbocycles. The van der Waals surface area contributed by atoms with Crippen molar-refractivity contribution in [2.24, 2.45) is 11.8 Å². The van der Waals surface area contributed by atoms with Crippen LogP contribution in [-0.2, 0) is 11.3 Å². The zero-order valence-corrected chi connectivity index (χ0v) is 18.8. The maximum atomic E-state index is 12.9. The van der Waals surface area contributed by atoms with Gasteiger partial charge >= 0.3 is 0 Å². The number of thiazole rings is 1. The lowest BCUT2D eigenvalue weighted by Crippen LogP contribution is -2.45. The van der Waals surface area contributed by atoms with Crippen molar-refractivity contribution in [1.82, 2.24) is 15.2 Å². The molecule has 3 atom stereocenters. The number of benzene rings is 1. The third-order valence-electron chi connectivity index (χ3n) is 6.84. The number of aliphatic hydroxyl groups is 1. The molecule has 5 nitrogen and oxygen atoms in total. The lowest BCUT2D eigenvalue weighted by atomic mass is 9.92. The van der Waals surface area contributed by atoms with Crippen LogP contribution in [0.15, 0.2) is 29.8 Å². The van der Waals surface area contributed by atoms with Crippen molar-refractivity contribution in [3.63, 3.8) is 0 Å². The van der Waals surface area contributed by atoms with Crippen molar-refractivity contribution in [2.45, 2.75) is 64.6 Å². The Kier molecular flexibility index (Phi) is 6.86. The average Bonchev–Trinajstić information content (AvgIpc) is 3.48. The van der Waals surface area contributed by atoms with E-state index in [0.29, 0.717) is 25.4 Å². The van der Waals surface area contributed by atoms with Crippen LogP contribution in [0.25, 0.3) is 10.4 Å². The van der Waals surface area contributed by atoms with Crippen LogP contribution in [0.3, 0.4) is 0 Å². The molecule has 0 radical (unpaired) electrons. The number of carbonyl (C=O) groups excluding carboxylic acids is 1. The summed E-state index contributed by atoms with van der Waals surface area (Å²) in [6.45, 7) is 6.36. The molecule has 1 saturated carbocycles. The topological polar surface area (TPSA) is 65.5 Å². The van der Waals surface area contributed by atoms with E-state index < -0.39 is 6.10 Å². The van der Waals surface area contributed by atoms with Crippen LogP contribution >= 0.6 is 11.3 Å². The SMILES string of the molecule is Cc1ncsc1-c1ccc(CNC(=O)[C@@H]2C[C@@H](O)CN2CC(C)C2CCCC2)cc1. The number of amides is 1. The molecule has 1 unspecified atom stereocenters. The summed E-state index contributed by atoms with van der Waals surface area (Å²) >= 11 is 1.65. The molecule has 162 valence electrons. The van der Waals surface area contributed by atoms with Crippen molar-refractivity contribution >= 4 is 17.2 Å².